The molecule has 0 aromatic heterocycles. The molecular formula is C10H21NO3S. The highest BCUT2D eigenvalue weighted by Crippen LogP contribution is 2.17. The normalized spacial score (nSPS) is 22.9. The van der Waals surface area contributed by atoms with Gasteiger partial charge in [-0.15, -0.1) is 0 Å². The van der Waals surface area contributed by atoms with Crippen molar-refractivity contribution >= 4 is 9.84 Å². The van der Waals surface area contributed by atoms with Crippen molar-refractivity contribution in [2.45, 2.75) is 44.7 Å². The molecule has 0 aromatic rings. The van der Waals surface area contributed by atoms with Crippen LogP contribution in [0.1, 0.15) is 33.1 Å². The number of sulfone groups is 1. The molecule has 0 amide bonds. The van der Waals surface area contributed by atoms with Crippen LogP contribution in [0.4, 0.5) is 0 Å². The summed E-state index contributed by atoms with van der Waals surface area (Å²) in [5.74, 6) is 0.583. The Kier molecular flexibility index (Phi) is 4.14. The van der Waals surface area contributed by atoms with E-state index in [1.54, 1.807) is 0 Å². The molecule has 0 atom stereocenters. The third-order valence-corrected chi connectivity index (χ3v) is 4.60. The van der Waals surface area contributed by atoms with Gasteiger partial charge in [-0.3, -0.25) is 0 Å². The second kappa shape index (κ2) is 4.80. The highest BCUT2D eigenvalue weighted by molar-refractivity contribution is 7.91. The van der Waals surface area contributed by atoms with Crippen molar-refractivity contribution < 1.29 is 13.5 Å². The second-order valence-corrected chi connectivity index (χ2v) is 7.23. The third kappa shape index (κ3) is 4.49. The Morgan fingerprint density at radius 2 is 1.87 bits per heavy atom. The molecule has 0 radical (unpaired) electrons. The molecule has 1 aliphatic rings. The van der Waals surface area contributed by atoms with E-state index in [0.717, 1.165) is 0 Å². The van der Waals surface area contributed by atoms with Gasteiger partial charge in [-0.2, -0.15) is 0 Å². The van der Waals surface area contributed by atoms with Gasteiger partial charge in [0.25, 0.3) is 0 Å². The number of hydrogen-bond donors (Lipinski definition) is 2. The third-order valence-electron chi connectivity index (χ3n) is 2.89. The molecule has 0 unspecified atom stereocenters. The Balaban J connectivity index is 2.42. The molecule has 0 spiro atoms. The molecular weight excluding hydrogens is 214 g/mol. The van der Waals surface area contributed by atoms with E-state index in [9.17, 15) is 8.42 Å². The van der Waals surface area contributed by atoms with E-state index in [0.29, 0.717) is 30.8 Å². The summed E-state index contributed by atoms with van der Waals surface area (Å²) >= 11 is 0. The quantitative estimate of drug-likeness (QED) is 0.736. The van der Waals surface area contributed by atoms with Crippen LogP contribution >= 0.6 is 0 Å². The van der Waals surface area contributed by atoms with Crippen molar-refractivity contribution in [2.24, 2.45) is 0 Å². The van der Waals surface area contributed by atoms with Gasteiger partial charge in [0.1, 0.15) is 9.84 Å². The van der Waals surface area contributed by atoms with Crippen molar-refractivity contribution in [2.75, 3.05) is 18.1 Å². The van der Waals surface area contributed by atoms with Crippen LogP contribution in [0.25, 0.3) is 0 Å². The summed E-state index contributed by atoms with van der Waals surface area (Å²) in [4.78, 5) is 0. The van der Waals surface area contributed by atoms with Gasteiger partial charge in [0.15, 0.2) is 0 Å². The van der Waals surface area contributed by atoms with Crippen LogP contribution in [0, 0.1) is 0 Å². The number of nitrogens with one attached hydrogen (secondary N) is 1. The summed E-state index contributed by atoms with van der Waals surface area (Å²) in [5, 5.41) is 12.3. The number of rotatable bonds is 4. The first-order valence-electron chi connectivity index (χ1n) is 5.44. The molecule has 1 saturated heterocycles. The van der Waals surface area contributed by atoms with Gasteiger partial charge in [0, 0.05) is 18.2 Å². The fraction of sp³-hybridized carbons (Fsp3) is 1.00. The standard InChI is InChI=1S/C10H21NO3S/c1-10(2,5-6-12)11-9-3-7-15(13,14)8-4-9/h9,11-12H,3-8H2,1-2H3. The molecule has 5 heteroatoms. The molecule has 4 nitrogen and oxygen atoms in total. The van der Waals surface area contributed by atoms with Crippen LogP contribution in [0.3, 0.4) is 0 Å². The average molecular weight is 235 g/mol. The molecule has 2 N–H and O–H groups in total. The minimum Gasteiger partial charge on any atom is -0.396 e. The first-order chi connectivity index (χ1) is 6.85. The van der Waals surface area contributed by atoms with Crippen LogP contribution in [0.15, 0.2) is 0 Å². The SMILES string of the molecule is CC(C)(CCO)NC1CCS(=O)(=O)CC1. The Morgan fingerprint density at radius 1 is 1.33 bits per heavy atom. The zero-order valence-electron chi connectivity index (χ0n) is 9.49. The lowest BCUT2D eigenvalue weighted by molar-refractivity contribution is 0.215. The predicted molar refractivity (Wildman–Crippen MR) is 60.6 cm³/mol. The van der Waals surface area contributed by atoms with Crippen molar-refractivity contribution in [1.29, 1.82) is 0 Å². The van der Waals surface area contributed by atoms with Crippen molar-refractivity contribution in [3.8, 4) is 0 Å². The maximum Gasteiger partial charge on any atom is 0.150 e. The van der Waals surface area contributed by atoms with Crippen LogP contribution < -0.4 is 5.32 Å². The highest BCUT2D eigenvalue weighted by atomic mass is 32.2. The fourth-order valence-corrected chi connectivity index (χ4v) is 3.43. The second-order valence-electron chi connectivity index (χ2n) is 4.93. The van der Waals surface area contributed by atoms with Crippen LogP contribution in [-0.2, 0) is 9.84 Å². The first kappa shape index (κ1) is 12.9. The van der Waals surface area contributed by atoms with E-state index in [1.165, 1.54) is 0 Å². The minimum atomic E-state index is -2.77. The summed E-state index contributed by atoms with van der Waals surface area (Å²) in [6.45, 7) is 4.23. The maximum absolute atomic E-state index is 11.2. The Labute approximate surface area is 92.0 Å². The summed E-state index contributed by atoms with van der Waals surface area (Å²) in [6.07, 6.45) is 2.07. The largest absolute Gasteiger partial charge is 0.396 e. The molecule has 0 saturated carbocycles. The lowest BCUT2D eigenvalue weighted by Gasteiger charge is -2.33. The maximum atomic E-state index is 11.2. The fourth-order valence-electron chi connectivity index (χ4n) is 1.94. The topological polar surface area (TPSA) is 66.4 Å². The smallest absolute Gasteiger partial charge is 0.150 e. The lowest BCUT2D eigenvalue weighted by Crippen LogP contribution is -2.49. The Hall–Kier alpha value is -0.130. The predicted octanol–water partition coefficient (Wildman–Crippen LogP) is 0.314. The Morgan fingerprint density at radius 3 is 2.33 bits per heavy atom. The summed E-state index contributed by atoms with van der Waals surface area (Å²) in [5.41, 5.74) is -0.111. The molecule has 0 bridgehead atoms. The zero-order chi connectivity index (χ0) is 11.5. The minimum absolute atomic E-state index is 0.111. The van der Waals surface area contributed by atoms with Crippen LogP contribution in [0.2, 0.25) is 0 Å². The molecule has 1 fully saturated rings. The van der Waals surface area contributed by atoms with Gasteiger partial charge in [-0.05, 0) is 33.1 Å². The molecule has 0 aromatic carbocycles. The van der Waals surface area contributed by atoms with Crippen molar-refractivity contribution in [1.82, 2.24) is 5.32 Å². The van der Waals surface area contributed by atoms with Gasteiger partial charge in [-0.25, -0.2) is 8.42 Å². The molecule has 0 aliphatic carbocycles. The number of aliphatic hydroxyl groups excluding tert-OH is 1. The molecule has 15 heavy (non-hydrogen) atoms. The van der Waals surface area contributed by atoms with Crippen molar-refractivity contribution in [3.05, 3.63) is 0 Å². The van der Waals surface area contributed by atoms with Gasteiger partial charge in [0.05, 0.1) is 11.5 Å². The molecule has 1 aliphatic heterocycles. The summed E-state index contributed by atoms with van der Waals surface area (Å²) in [7, 11) is -2.77. The van der Waals surface area contributed by atoms with E-state index >= 15 is 0 Å². The zero-order valence-corrected chi connectivity index (χ0v) is 10.3. The monoisotopic (exact) mass is 235 g/mol. The van der Waals surface area contributed by atoms with Crippen LogP contribution in [0.5, 0.6) is 0 Å². The number of aliphatic hydroxyl groups is 1. The highest BCUT2D eigenvalue weighted by Gasteiger charge is 2.27. The average Bonchev–Trinajstić information content (AvgIpc) is 2.08. The molecule has 1 heterocycles. The van der Waals surface area contributed by atoms with Gasteiger partial charge >= 0.3 is 0 Å². The molecule has 1 rings (SSSR count). The number of hydrogen-bond acceptors (Lipinski definition) is 4. The van der Waals surface area contributed by atoms with E-state index in [-0.39, 0.29) is 18.2 Å². The van der Waals surface area contributed by atoms with E-state index < -0.39 is 9.84 Å². The van der Waals surface area contributed by atoms with Gasteiger partial charge < -0.3 is 10.4 Å². The lowest BCUT2D eigenvalue weighted by atomic mass is 9.98. The van der Waals surface area contributed by atoms with E-state index in [4.69, 9.17) is 5.11 Å². The summed E-state index contributed by atoms with van der Waals surface area (Å²) in [6, 6.07) is 0.273. The van der Waals surface area contributed by atoms with E-state index in [1.807, 2.05) is 13.8 Å². The van der Waals surface area contributed by atoms with Crippen molar-refractivity contribution in [3.63, 3.8) is 0 Å². The van der Waals surface area contributed by atoms with Gasteiger partial charge in [-0.1, -0.05) is 0 Å². The van der Waals surface area contributed by atoms with Crippen LogP contribution in [-0.4, -0.2) is 43.2 Å². The first-order valence-corrected chi connectivity index (χ1v) is 7.26. The van der Waals surface area contributed by atoms with E-state index in [2.05, 4.69) is 5.32 Å². The summed E-state index contributed by atoms with van der Waals surface area (Å²) < 4.78 is 22.4. The van der Waals surface area contributed by atoms with Gasteiger partial charge in [0.2, 0.25) is 0 Å². The Bertz CT molecular complexity index is 284. The molecule has 90 valence electrons.